The van der Waals surface area contributed by atoms with Gasteiger partial charge in [-0.25, -0.2) is 4.68 Å². The number of benzene rings is 1. The van der Waals surface area contributed by atoms with Crippen LogP contribution in [-0.2, 0) is 0 Å². The second-order valence-electron chi connectivity index (χ2n) is 6.83. The number of aromatic nitrogens is 2. The van der Waals surface area contributed by atoms with Gasteiger partial charge in [0.05, 0.1) is 21.5 Å². The largest absolute Gasteiger partial charge is 0.338 e. The normalized spacial score (nSPS) is 22.0. The van der Waals surface area contributed by atoms with Crippen LogP contribution < -0.4 is 5.32 Å². The molecule has 1 N–H and O–H groups in total. The Bertz CT molecular complexity index is 777. The fourth-order valence-electron chi connectivity index (χ4n) is 3.82. The zero-order valence-electron chi connectivity index (χ0n) is 14.3. The summed E-state index contributed by atoms with van der Waals surface area (Å²) in [7, 11) is 0. The molecule has 0 aliphatic carbocycles. The van der Waals surface area contributed by atoms with E-state index < -0.39 is 0 Å². The number of amides is 1. The van der Waals surface area contributed by atoms with E-state index in [1.54, 1.807) is 0 Å². The van der Waals surface area contributed by atoms with E-state index in [0.29, 0.717) is 11.8 Å². The van der Waals surface area contributed by atoms with E-state index >= 15 is 0 Å². The first-order valence-corrected chi connectivity index (χ1v) is 9.16. The van der Waals surface area contributed by atoms with Crippen molar-refractivity contribution in [2.75, 3.05) is 26.2 Å². The van der Waals surface area contributed by atoms with Gasteiger partial charge in [0.25, 0.3) is 5.91 Å². The van der Waals surface area contributed by atoms with Crippen LogP contribution in [0.1, 0.15) is 21.7 Å². The zero-order chi connectivity index (χ0) is 16.8. The number of aryl methyl sites for hydroxylation is 1. The Morgan fingerprint density at radius 2 is 1.76 bits per heavy atom. The summed E-state index contributed by atoms with van der Waals surface area (Å²) in [6, 6.07) is 7.76. The molecule has 2 atom stereocenters. The predicted octanol–water partition coefficient (Wildman–Crippen LogP) is 2.96. The molecule has 0 saturated carbocycles. The van der Waals surface area contributed by atoms with Crippen molar-refractivity contribution in [3.05, 3.63) is 45.7 Å². The smallest absolute Gasteiger partial charge is 0.253 e. The third-order valence-electron chi connectivity index (χ3n) is 5.24. The van der Waals surface area contributed by atoms with E-state index in [9.17, 15) is 4.79 Å². The molecule has 134 valence electrons. The molecule has 25 heavy (non-hydrogen) atoms. The summed E-state index contributed by atoms with van der Waals surface area (Å²) in [5, 5.41) is 7.95. The molecule has 7 heteroatoms. The van der Waals surface area contributed by atoms with Gasteiger partial charge in [-0.3, -0.25) is 4.79 Å². The maximum Gasteiger partial charge on any atom is 0.253 e. The fourth-order valence-corrected chi connectivity index (χ4v) is 4.07. The van der Waals surface area contributed by atoms with E-state index in [4.69, 9.17) is 0 Å². The number of rotatable bonds is 2. The molecule has 5 nitrogen and oxygen atoms in total. The third kappa shape index (κ3) is 3.23. The molecule has 0 radical (unpaired) electrons. The van der Waals surface area contributed by atoms with Crippen LogP contribution in [0.5, 0.6) is 0 Å². The van der Waals surface area contributed by atoms with E-state index in [-0.39, 0.29) is 18.3 Å². The highest BCUT2D eigenvalue weighted by Gasteiger charge is 2.38. The zero-order valence-corrected chi connectivity index (χ0v) is 16.7. The number of hydrogen-bond acceptors (Lipinski definition) is 3. The highest BCUT2D eigenvalue weighted by Crippen LogP contribution is 2.28. The van der Waals surface area contributed by atoms with Gasteiger partial charge >= 0.3 is 0 Å². The Kier molecular flexibility index (Phi) is 5.23. The van der Waals surface area contributed by atoms with Crippen LogP contribution in [0.4, 0.5) is 0 Å². The number of hydrogen-bond donors (Lipinski definition) is 1. The van der Waals surface area contributed by atoms with E-state index in [1.807, 2.05) is 47.7 Å². The van der Waals surface area contributed by atoms with Crippen molar-refractivity contribution in [2.24, 2.45) is 11.8 Å². The van der Waals surface area contributed by atoms with Crippen LogP contribution in [0.25, 0.3) is 5.69 Å². The summed E-state index contributed by atoms with van der Waals surface area (Å²) >= 11 is 3.55. The van der Waals surface area contributed by atoms with Gasteiger partial charge in [-0.05, 0) is 65.9 Å². The molecule has 2 saturated heterocycles. The van der Waals surface area contributed by atoms with Crippen molar-refractivity contribution >= 4 is 34.2 Å². The lowest BCUT2D eigenvalue weighted by atomic mass is 10.0. The minimum atomic E-state index is 0. The molecular weight excluding hydrogens is 404 g/mol. The van der Waals surface area contributed by atoms with Crippen molar-refractivity contribution in [1.82, 2.24) is 20.0 Å². The maximum atomic E-state index is 12.7. The van der Waals surface area contributed by atoms with Crippen LogP contribution in [0.2, 0.25) is 0 Å². The molecule has 1 aromatic heterocycles. The quantitative estimate of drug-likeness (QED) is 0.805. The summed E-state index contributed by atoms with van der Waals surface area (Å²) in [4.78, 5) is 14.7. The third-order valence-corrected chi connectivity index (χ3v) is 6.39. The van der Waals surface area contributed by atoms with Crippen LogP contribution in [0.3, 0.4) is 0 Å². The van der Waals surface area contributed by atoms with Crippen molar-refractivity contribution in [2.45, 2.75) is 13.8 Å². The first kappa shape index (κ1) is 18.4. The minimum absolute atomic E-state index is 0. The Morgan fingerprint density at radius 1 is 1.16 bits per heavy atom. The van der Waals surface area contributed by atoms with Gasteiger partial charge in [0, 0.05) is 31.7 Å². The summed E-state index contributed by atoms with van der Waals surface area (Å²) in [6.45, 7) is 7.84. The Labute approximate surface area is 162 Å². The molecule has 2 aromatic rings. The van der Waals surface area contributed by atoms with Crippen molar-refractivity contribution < 1.29 is 4.79 Å². The summed E-state index contributed by atoms with van der Waals surface area (Å²) in [5.41, 5.74) is 3.75. The number of carbonyl (C=O) groups is 1. The molecule has 2 aliphatic heterocycles. The van der Waals surface area contributed by atoms with Crippen LogP contribution >= 0.6 is 28.3 Å². The standard InChI is InChI=1S/C18H21BrN4O.ClH/c1-11-17(19)12(2)23(21-11)16-5-3-13(4-6-16)18(24)22-9-14-7-20-8-15(14)10-22;/h3-6,14-15,20H,7-10H2,1-2H3;1H/t14-,15+;. The lowest BCUT2D eigenvalue weighted by Crippen LogP contribution is -2.31. The lowest BCUT2D eigenvalue weighted by Gasteiger charge is -2.17. The Morgan fingerprint density at radius 3 is 2.28 bits per heavy atom. The molecule has 1 amide bonds. The monoisotopic (exact) mass is 424 g/mol. The SMILES string of the molecule is Cc1nn(-c2ccc(C(=O)N3C[C@H]4CNC[C@H]4C3)cc2)c(C)c1Br.Cl. The summed E-state index contributed by atoms with van der Waals surface area (Å²) in [5.74, 6) is 1.39. The highest BCUT2D eigenvalue weighted by molar-refractivity contribution is 9.10. The van der Waals surface area contributed by atoms with Crippen molar-refractivity contribution in [3.8, 4) is 5.69 Å². The van der Waals surface area contributed by atoms with Gasteiger partial charge in [-0.15, -0.1) is 12.4 Å². The van der Waals surface area contributed by atoms with Gasteiger partial charge in [0.15, 0.2) is 0 Å². The molecule has 4 rings (SSSR count). The van der Waals surface area contributed by atoms with E-state index in [0.717, 1.165) is 53.3 Å². The number of nitrogens with one attached hydrogen (secondary N) is 1. The molecular formula is C18H22BrClN4O. The molecule has 2 fully saturated rings. The Hall–Kier alpha value is -1.37. The Balaban J connectivity index is 0.00000182. The number of fused-ring (bicyclic) bond motifs is 1. The van der Waals surface area contributed by atoms with Gasteiger partial charge in [-0.2, -0.15) is 5.10 Å². The molecule has 2 aliphatic rings. The molecule has 3 heterocycles. The number of halogens is 2. The average Bonchev–Trinajstić information content (AvgIpc) is 3.25. The molecule has 0 spiro atoms. The summed E-state index contributed by atoms with van der Waals surface area (Å²) in [6.07, 6.45) is 0. The van der Waals surface area contributed by atoms with Crippen LogP contribution in [-0.4, -0.2) is 46.8 Å². The fraction of sp³-hybridized carbons (Fsp3) is 0.444. The second-order valence-corrected chi connectivity index (χ2v) is 7.63. The average molecular weight is 426 g/mol. The first-order chi connectivity index (χ1) is 11.5. The van der Waals surface area contributed by atoms with E-state index in [2.05, 4.69) is 26.3 Å². The maximum absolute atomic E-state index is 12.7. The molecule has 0 unspecified atom stereocenters. The lowest BCUT2D eigenvalue weighted by molar-refractivity contribution is 0.0781. The van der Waals surface area contributed by atoms with Crippen LogP contribution in [0.15, 0.2) is 28.7 Å². The number of nitrogens with zero attached hydrogens (tertiary/aromatic N) is 3. The van der Waals surface area contributed by atoms with E-state index in [1.165, 1.54) is 0 Å². The van der Waals surface area contributed by atoms with Gasteiger partial charge < -0.3 is 10.2 Å². The minimum Gasteiger partial charge on any atom is -0.338 e. The topological polar surface area (TPSA) is 50.2 Å². The molecule has 0 bridgehead atoms. The summed E-state index contributed by atoms with van der Waals surface area (Å²) < 4.78 is 2.93. The van der Waals surface area contributed by atoms with Gasteiger partial charge in [0.1, 0.15) is 0 Å². The van der Waals surface area contributed by atoms with Gasteiger partial charge in [0.2, 0.25) is 0 Å². The van der Waals surface area contributed by atoms with Crippen molar-refractivity contribution in [1.29, 1.82) is 0 Å². The predicted molar refractivity (Wildman–Crippen MR) is 104 cm³/mol. The van der Waals surface area contributed by atoms with Crippen molar-refractivity contribution in [3.63, 3.8) is 0 Å². The molecule has 1 aromatic carbocycles. The second kappa shape index (κ2) is 7.09. The van der Waals surface area contributed by atoms with Crippen LogP contribution in [0, 0.1) is 25.7 Å². The highest BCUT2D eigenvalue weighted by atomic mass is 79.9. The number of carbonyl (C=O) groups excluding carboxylic acids is 1. The first-order valence-electron chi connectivity index (χ1n) is 8.36. The van der Waals surface area contributed by atoms with Gasteiger partial charge in [-0.1, -0.05) is 0 Å². The number of likely N-dealkylation sites (tertiary alicyclic amines) is 1.